The number of fused-ring (bicyclic) bond motifs is 1. The molecule has 0 saturated heterocycles. The molecule has 1 aromatic carbocycles. The average Bonchev–Trinajstić information content (AvgIpc) is 3.05. The van der Waals surface area contributed by atoms with E-state index in [0.29, 0.717) is 18.7 Å². The van der Waals surface area contributed by atoms with Gasteiger partial charge in [0.25, 0.3) is 11.8 Å². The summed E-state index contributed by atoms with van der Waals surface area (Å²) in [5, 5.41) is 2.81. The standard InChI is InChI=1S/C19H22N4O2/c1-22(2)12-10-21-18(24)16-13-15(7-9-20-16)19(25)23-11-8-14-5-3-4-6-17(14)23/h3-7,9,13H,8,10-12H2,1-2H3,(H,21,24). The average molecular weight is 338 g/mol. The molecule has 1 aromatic heterocycles. The quantitative estimate of drug-likeness (QED) is 0.899. The van der Waals surface area contributed by atoms with E-state index in [1.165, 1.54) is 11.8 Å². The molecule has 0 fully saturated rings. The number of carbonyl (C=O) groups excluding carboxylic acids is 2. The fourth-order valence-electron chi connectivity index (χ4n) is 2.88. The second-order valence-corrected chi connectivity index (χ2v) is 6.32. The molecule has 6 heteroatoms. The Labute approximate surface area is 147 Å². The number of amides is 2. The fraction of sp³-hybridized carbons (Fsp3) is 0.316. The van der Waals surface area contributed by atoms with Crippen LogP contribution in [0.1, 0.15) is 26.4 Å². The zero-order chi connectivity index (χ0) is 17.8. The Bertz CT molecular complexity index is 788. The number of nitrogens with zero attached hydrogens (tertiary/aromatic N) is 3. The minimum atomic E-state index is -0.265. The van der Waals surface area contributed by atoms with Crippen LogP contribution in [0.4, 0.5) is 5.69 Å². The van der Waals surface area contributed by atoms with Crippen molar-refractivity contribution in [3.05, 3.63) is 59.4 Å². The molecule has 2 amide bonds. The highest BCUT2D eigenvalue weighted by atomic mass is 16.2. The number of likely N-dealkylation sites (N-methyl/N-ethyl adjacent to an activating group) is 1. The molecule has 2 heterocycles. The predicted molar refractivity (Wildman–Crippen MR) is 96.9 cm³/mol. The number of aromatic nitrogens is 1. The lowest BCUT2D eigenvalue weighted by Crippen LogP contribution is -2.32. The van der Waals surface area contributed by atoms with Crippen LogP contribution in [0.5, 0.6) is 0 Å². The highest BCUT2D eigenvalue weighted by molar-refractivity contribution is 6.08. The van der Waals surface area contributed by atoms with E-state index in [1.807, 2.05) is 43.3 Å². The van der Waals surface area contributed by atoms with E-state index < -0.39 is 0 Å². The molecule has 0 aliphatic carbocycles. The van der Waals surface area contributed by atoms with Crippen molar-refractivity contribution in [1.29, 1.82) is 0 Å². The van der Waals surface area contributed by atoms with Gasteiger partial charge in [0.2, 0.25) is 0 Å². The second-order valence-electron chi connectivity index (χ2n) is 6.32. The number of para-hydroxylation sites is 1. The third-order valence-electron chi connectivity index (χ3n) is 4.22. The van der Waals surface area contributed by atoms with E-state index in [0.717, 1.165) is 18.7 Å². The first-order valence-corrected chi connectivity index (χ1v) is 8.35. The maximum Gasteiger partial charge on any atom is 0.269 e. The van der Waals surface area contributed by atoms with Gasteiger partial charge in [0.05, 0.1) is 0 Å². The zero-order valence-corrected chi connectivity index (χ0v) is 14.5. The van der Waals surface area contributed by atoms with Gasteiger partial charge in [-0.2, -0.15) is 0 Å². The normalized spacial score (nSPS) is 13.0. The van der Waals surface area contributed by atoms with Crippen molar-refractivity contribution in [2.45, 2.75) is 6.42 Å². The number of hydrogen-bond acceptors (Lipinski definition) is 4. The summed E-state index contributed by atoms with van der Waals surface area (Å²) in [5.74, 6) is -0.368. The third kappa shape index (κ3) is 3.85. The van der Waals surface area contributed by atoms with Gasteiger partial charge in [-0.1, -0.05) is 18.2 Å². The molecule has 1 aliphatic heterocycles. The molecule has 1 aliphatic rings. The summed E-state index contributed by atoms with van der Waals surface area (Å²) < 4.78 is 0. The summed E-state index contributed by atoms with van der Waals surface area (Å²) in [4.78, 5) is 32.9. The van der Waals surface area contributed by atoms with E-state index in [-0.39, 0.29) is 17.5 Å². The molecule has 1 N–H and O–H groups in total. The molecule has 0 atom stereocenters. The van der Waals surface area contributed by atoms with Gasteiger partial charge >= 0.3 is 0 Å². The van der Waals surface area contributed by atoms with Crippen LogP contribution in [0.3, 0.4) is 0 Å². The van der Waals surface area contributed by atoms with Gasteiger partial charge in [-0.05, 0) is 44.3 Å². The lowest BCUT2D eigenvalue weighted by Gasteiger charge is -2.17. The molecular weight excluding hydrogens is 316 g/mol. The molecular formula is C19H22N4O2. The largest absolute Gasteiger partial charge is 0.349 e. The topological polar surface area (TPSA) is 65.5 Å². The van der Waals surface area contributed by atoms with Crippen LogP contribution in [0, 0.1) is 0 Å². The van der Waals surface area contributed by atoms with Crippen molar-refractivity contribution >= 4 is 17.5 Å². The fourth-order valence-corrected chi connectivity index (χ4v) is 2.88. The van der Waals surface area contributed by atoms with Crippen molar-refractivity contribution in [1.82, 2.24) is 15.2 Å². The Morgan fingerprint density at radius 3 is 2.84 bits per heavy atom. The van der Waals surface area contributed by atoms with Crippen LogP contribution < -0.4 is 10.2 Å². The molecule has 2 aromatic rings. The minimum absolute atomic E-state index is 0.102. The highest BCUT2D eigenvalue weighted by Crippen LogP contribution is 2.28. The number of anilines is 1. The number of nitrogens with one attached hydrogen (secondary N) is 1. The molecule has 25 heavy (non-hydrogen) atoms. The van der Waals surface area contributed by atoms with Crippen LogP contribution in [0.25, 0.3) is 0 Å². The van der Waals surface area contributed by atoms with E-state index in [1.54, 1.807) is 17.0 Å². The summed E-state index contributed by atoms with van der Waals surface area (Å²) in [6.07, 6.45) is 2.36. The highest BCUT2D eigenvalue weighted by Gasteiger charge is 2.25. The van der Waals surface area contributed by atoms with E-state index in [2.05, 4.69) is 10.3 Å². The minimum Gasteiger partial charge on any atom is -0.349 e. The van der Waals surface area contributed by atoms with Crippen LogP contribution in [-0.4, -0.2) is 55.4 Å². The van der Waals surface area contributed by atoms with Crippen LogP contribution in [0.15, 0.2) is 42.6 Å². The predicted octanol–water partition coefficient (Wildman–Crippen LogP) is 1.58. The summed E-state index contributed by atoms with van der Waals surface area (Å²) in [6.45, 7) is 1.94. The number of benzene rings is 1. The first-order chi connectivity index (χ1) is 12.1. The van der Waals surface area contributed by atoms with Gasteiger partial charge < -0.3 is 15.1 Å². The summed E-state index contributed by atoms with van der Waals surface area (Å²) in [7, 11) is 3.88. The Morgan fingerprint density at radius 1 is 1.24 bits per heavy atom. The van der Waals surface area contributed by atoms with Gasteiger partial charge in [-0.15, -0.1) is 0 Å². The van der Waals surface area contributed by atoms with Crippen molar-refractivity contribution in [3.63, 3.8) is 0 Å². The van der Waals surface area contributed by atoms with Gasteiger partial charge in [0.1, 0.15) is 5.69 Å². The Balaban J connectivity index is 1.73. The van der Waals surface area contributed by atoms with E-state index in [9.17, 15) is 9.59 Å². The lowest BCUT2D eigenvalue weighted by molar-refractivity contribution is 0.0946. The summed E-state index contributed by atoms with van der Waals surface area (Å²) >= 11 is 0. The summed E-state index contributed by atoms with van der Waals surface area (Å²) in [6, 6.07) is 11.1. The Hall–Kier alpha value is -2.73. The van der Waals surface area contributed by atoms with Crippen molar-refractivity contribution in [3.8, 4) is 0 Å². The number of rotatable bonds is 5. The molecule has 3 rings (SSSR count). The van der Waals surface area contributed by atoms with Crippen molar-refractivity contribution in [2.75, 3.05) is 38.6 Å². The van der Waals surface area contributed by atoms with Crippen LogP contribution in [-0.2, 0) is 6.42 Å². The molecule has 6 nitrogen and oxygen atoms in total. The SMILES string of the molecule is CN(C)CCNC(=O)c1cc(C(=O)N2CCc3ccccc32)ccn1. The first-order valence-electron chi connectivity index (χ1n) is 8.35. The van der Waals surface area contributed by atoms with Crippen LogP contribution >= 0.6 is 0 Å². The van der Waals surface area contributed by atoms with E-state index >= 15 is 0 Å². The monoisotopic (exact) mass is 338 g/mol. The molecule has 130 valence electrons. The maximum atomic E-state index is 12.8. The van der Waals surface area contributed by atoms with Crippen LogP contribution in [0.2, 0.25) is 0 Å². The van der Waals surface area contributed by atoms with E-state index in [4.69, 9.17) is 0 Å². The van der Waals surface area contributed by atoms with Gasteiger partial charge in [0, 0.05) is 37.1 Å². The third-order valence-corrected chi connectivity index (χ3v) is 4.22. The summed E-state index contributed by atoms with van der Waals surface area (Å²) in [5.41, 5.74) is 2.86. The van der Waals surface area contributed by atoms with Crippen molar-refractivity contribution in [2.24, 2.45) is 0 Å². The smallest absolute Gasteiger partial charge is 0.269 e. The van der Waals surface area contributed by atoms with Gasteiger partial charge in [0.15, 0.2) is 0 Å². The zero-order valence-electron chi connectivity index (χ0n) is 14.5. The van der Waals surface area contributed by atoms with Gasteiger partial charge in [-0.3, -0.25) is 14.6 Å². The molecule has 0 saturated carbocycles. The molecule has 0 radical (unpaired) electrons. The van der Waals surface area contributed by atoms with Crippen molar-refractivity contribution < 1.29 is 9.59 Å². The number of pyridine rings is 1. The molecule has 0 spiro atoms. The Kier molecular flexibility index (Phi) is 5.09. The lowest BCUT2D eigenvalue weighted by atomic mass is 10.1. The first kappa shape index (κ1) is 17.1. The maximum absolute atomic E-state index is 12.8. The van der Waals surface area contributed by atoms with Gasteiger partial charge in [-0.25, -0.2) is 0 Å². The number of hydrogen-bond donors (Lipinski definition) is 1. The Morgan fingerprint density at radius 2 is 2.04 bits per heavy atom. The number of carbonyl (C=O) groups is 2. The second kappa shape index (κ2) is 7.44. The molecule has 0 unspecified atom stereocenters. The molecule has 0 bridgehead atoms.